The molecule has 1 unspecified atom stereocenters. The van der Waals surface area contributed by atoms with E-state index in [2.05, 4.69) is 4.74 Å². The van der Waals surface area contributed by atoms with E-state index in [9.17, 15) is 9.18 Å². The molecular weight excluding hydrogens is 274 g/mol. The van der Waals surface area contributed by atoms with Crippen LogP contribution in [0.25, 0.3) is 0 Å². The van der Waals surface area contributed by atoms with Gasteiger partial charge in [0.2, 0.25) is 5.67 Å². The van der Waals surface area contributed by atoms with Crippen molar-refractivity contribution in [2.75, 3.05) is 7.11 Å². The van der Waals surface area contributed by atoms with Crippen molar-refractivity contribution < 1.29 is 13.9 Å². The van der Waals surface area contributed by atoms with E-state index in [0.29, 0.717) is 3.58 Å². The maximum Gasteiger partial charge on any atom is 0.349 e. The predicted molar refractivity (Wildman–Crippen MR) is 51.7 cm³/mol. The number of alkyl halides is 1. The number of methoxy groups -OCH3 is 1. The van der Waals surface area contributed by atoms with Gasteiger partial charge in [0.05, 0.1) is 7.11 Å². The summed E-state index contributed by atoms with van der Waals surface area (Å²) < 4.78 is 18.5. The Bertz CT molecular complexity index is 260. The smallest absolute Gasteiger partial charge is 0.349 e. The summed E-state index contributed by atoms with van der Waals surface area (Å²) in [5.41, 5.74) is -1.95. The molecule has 0 saturated heterocycles. The van der Waals surface area contributed by atoms with Crippen LogP contribution in [0, 0.1) is 0 Å². The van der Waals surface area contributed by atoms with Crippen molar-refractivity contribution in [2.45, 2.75) is 12.1 Å². The molecule has 0 aromatic carbocycles. The molecule has 0 heterocycles. The zero-order chi connectivity index (χ0) is 9.19. The number of carbonyl (C=O) groups excluding carboxylic acids is 1. The SMILES string of the molecule is COC(=O)C1(F)CC=CC=C1I. The Morgan fingerprint density at radius 1 is 1.83 bits per heavy atom. The Morgan fingerprint density at radius 3 is 3.00 bits per heavy atom. The standard InChI is InChI=1S/C8H8FIO2/c1-12-7(11)8(9)5-3-2-4-6(8)10/h2-4H,5H2,1H3. The fraction of sp³-hybridized carbons (Fsp3) is 0.375. The van der Waals surface area contributed by atoms with Gasteiger partial charge < -0.3 is 4.74 Å². The van der Waals surface area contributed by atoms with E-state index >= 15 is 0 Å². The summed E-state index contributed by atoms with van der Waals surface area (Å²) in [7, 11) is 1.19. The highest BCUT2D eigenvalue weighted by Gasteiger charge is 2.42. The molecule has 0 N–H and O–H groups in total. The van der Waals surface area contributed by atoms with Crippen molar-refractivity contribution in [3.05, 3.63) is 21.8 Å². The number of allylic oxidation sites excluding steroid dienone is 3. The van der Waals surface area contributed by atoms with Gasteiger partial charge >= 0.3 is 5.97 Å². The van der Waals surface area contributed by atoms with E-state index < -0.39 is 11.6 Å². The maximum absolute atomic E-state index is 13.8. The van der Waals surface area contributed by atoms with Gasteiger partial charge in [0, 0.05) is 10.0 Å². The van der Waals surface area contributed by atoms with E-state index in [-0.39, 0.29) is 6.42 Å². The minimum Gasteiger partial charge on any atom is -0.466 e. The average molecular weight is 282 g/mol. The summed E-state index contributed by atoms with van der Waals surface area (Å²) in [6.07, 6.45) is 4.97. The zero-order valence-corrected chi connectivity index (χ0v) is 8.67. The molecule has 66 valence electrons. The number of hydrogen-bond acceptors (Lipinski definition) is 2. The van der Waals surface area contributed by atoms with Crippen LogP contribution in [0.1, 0.15) is 6.42 Å². The summed E-state index contributed by atoms with van der Waals surface area (Å²) in [5.74, 6) is -0.826. The first-order valence-corrected chi connectivity index (χ1v) is 4.49. The van der Waals surface area contributed by atoms with Crippen molar-refractivity contribution in [1.29, 1.82) is 0 Å². The lowest BCUT2D eigenvalue weighted by Crippen LogP contribution is -2.35. The second-order valence-corrected chi connectivity index (χ2v) is 3.60. The van der Waals surface area contributed by atoms with Crippen LogP contribution in [-0.4, -0.2) is 18.7 Å². The third kappa shape index (κ3) is 1.53. The minimum atomic E-state index is -1.95. The number of rotatable bonds is 1. The molecule has 0 spiro atoms. The van der Waals surface area contributed by atoms with Crippen LogP contribution in [0.2, 0.25) is 0 Å². The third-order valence-corrected chi connectivity index (χ3v) is 2.88. The highest BCUT2D eigenvalue weighted by molar-refractivity contribution is 14.1. The first kappa shape index (κ1) is 9.70. The molecule has 4 heteroatoms. The highest BCUT2D eigenvalue weighted by Crippen LogP contribution is 2.35. The predicted octanol–water partition coefficient (Wildman–Crippen LogP) is 2.15. The Balaban J connectivity index is 2.92. The molecule has 0 fully saturated rings. The van der Waals surface area contributed by atoms with Crippen molar-refractivity contribution in [2.24, 2.45) is 0 Å². The Labute approximate surface area is 83.6 Å². The first-order valence-electron chi connectivity index (χ1n) is 3.41. The normalized spacial score (nSPS) is 28.1. The summed E-state index contributed by atoms with van der Waals surface area (Å²) in [5, 5.41) is 0. The van der Waals surface area contributed by atoms with Gasteiger partial charge in [-0.05, 0) is 28.7 Å². The molecule has 0 radical (unpaired) electrons. The Morgan fingerprint density at radius 2 is 2.50 bits per heavy atom. The van der Waals surface area contributed by atoms with Gasteiger partial charge in [-0.25, -0.2) is 9.18 Å². The first-order chi connectivity index (χ1) is 5.61. The molecule has 1 atom stereocenters. The zero-order valence-electron chi connectivity index (χ0n) is 6.51. The molecule has 12 heavy (non-hydrogen) atoms. The second kappa shape index (κ2) is 3.55. The van der Waals surface area contributed by atoms with Gasteiger partial charge in [0.15, 0.2) is 0 Å². The average Bonchev–Trinajstić information content (AvgIpc) is 2.09. The van der Waals surface area contributed by atoms with Crippen molar-refractivity contribution in [3.63, 3.8) is 0 Å². The van der Waals surface area contributed by atoms with Crippen LogP contribution in [0.4, 0.5) is 4.39 Å². The van der Waals surface area contributed by atoms with Gasteiger partial charge in [-0.15, -0.1) is 0 Å². The van der Waals surface area contributed by atoms with Crippen LogP contribution < -0.4 is 0 Å². The van der Waals surface area contributed by atoms with Crippen molar-refractivity contribution in [1.82, 2.24) is 0 Å². The maximum atomic E-state index is 13.8. The summed E-state index contributed by atoms with van der Waals surface area (Å²) in [6, 6.07) is 0. The Kier molecular flexibility index (Phi) is 2.87. The summed E-state index contributed by atoms with van der Waals surface area (Å²) >= 11 is 1.81. The number of hydrogen-bond donors (Lipinski definition) is 0. The molecule has 1 rings (SSSR count). The molecule has 0 bridgehead atoms. The molecule has 1 aliphatic rings. The molecular formula is C8H8FIO2. The van der Waals surface area contributed by atoms with E-state index in [1.54, 1.807) is 18.2 Å². The van der Waals surface area contributed by atoms with E-state index in [0.717, 1.165) is 0 Å². The molecule has 0 aromatic rings. The molecule has 0 aliphatic heterocycles. The third-order valence-electron chi connectivity index (χ3n) is 1.67. The lowest BCUT2D eigenvalue weighted by molar-refractivity contribution is -0.151. The van der Waals surface area contributed by atoms with Gasteiger partial charge in [0.1, 0.15) is 0 Å². The quantitative estimate of drug-likeness (QED) is 0.544. The Hall–Kier alpha value is -0.390. The van der Waals surface area contributed by atoms with Crippen molar-refractivity contribution >= 4 is 28.6 Å². The monoisotopic (exact) mass is 282 g/mol. The number of ether oxygens (including phenoxy) is 1. The van der Waals surface area contributed by atoms with Crippen LogP contribution in [0.15, 0.2) is 21.8 Å². The van der Waals surface area contributed by atoms with Gasteiger partial charge in [-0.3, -0.25) is 0 Å². The fourth-order valence-electron chi connectivity index (χ4n) is 0.955. The highest BCUT2D eigenvalue weighted by atomic mass is 127. The second-order valence-electron chi connectivity index (χ2n) is 2.44. The van der Waals surface area contributed by atoms with Crippen LogP contribution in [0.5, 0.6) is 0 Å². The van der Waals surface area contributed by atoms with Gasteiger partial charge in [0.25, 0.3) is 0 Å². The summed E-state index contributed by atoms with van der Waals surface area (Å²) in [6.45, 7) is 0. The van der Waals surface area contributed by atoms with Crippen LogP contribution in [-0.2, 0) is 9.53 Å². The molecule has 1 aliphatic carbocycles. The number of esters is 1. The van der Waals surface area contributed by atoms with E-state index in [1.807, 2.05) is 22.6 Å². The molecule has 0 aromatic heterocycles. The number of carbonyl (C=O) groups is 1. The number of halogens is 2. The fourth-order valence-corrected chi connectivity index (χ4v) is 1.60. The molecule has 0 saturated carbocycles. The largest absolute Gasteiger partial charge is 0.466 e. The molecule has 0 amide bonds. The van der Waals surface area contributed by atoms with Crippen LogP contribution in [0.3, 0.4) is 0 Å². The van der Waals surface area contributed by atoms with Gasteiger partial charge in [-0.2, -0.15) is 0 Å². The van der Waals surface area contributed by atoms with E-state index in [1.165, 1.54) is 7.11 Å². The lowest BCUT2D eigenvalue weighted by Gasteiger charge is -2.22. The molecule has 2 nitrogen and oxygen atoms in total. The topological polar surface area (TPSA) is 26.3 Å². The van der Waals surface area contributed by atoms with Crippen LogP contribution >= 0.6 is 22.6 Å². The van der Waals surface area contributed by atoms with Crippen molar-refractivity contribution in [3.8, 4) is 0 Å². The summed E-state index contributed by atoms with van der Waals surface area (Å²) in [4.78, 5) is 11.0. The van der Waals surface area contributed by atoms with Gasteiger partial charge in [-0.1, -0.05) is 12.2 Å². The minimum absolute atomic E-state index is 0.0639. The lowest BCUT2D eigenvalue weighted by atomic mass is 9.98. The van der Waals surface area contributed by atoms with E-state index in [4.69, 9.17) is 0 Å².